The fourth-order valence-corrected chi connectivity index (χ4v) is 1.72. The number of carbonyl (C=O) groups is 1. The summed E-state index contributed by atoms with van der Waals surface area (Å²) in [6, 6.07) is 3.49. The molecule has 0 atom stereocenters. The number of carbonyl (C=O) groups excluding carboxylic acids is 1. The van der Waals surface area contributed by atoms with Gasteiger partial charge in [0.15, 0.2) is 11.6 Å². The molecule has 0 spiro atoms. The Balaban J connectivity index is 2.42. The van der Waals surface area contributed by atoms with Crippen molar-refractivity contribution in [2.24, 2.45) is 0 Å². The van der Waals surface area contributed by atoms with Gasteiger partial charge in [-0.25, -0.2) is 8.78 Å². The summed E-state index contributed by atoms with van der Waals surface area (Å²) in [5.41, 5.74) is 0.464. The Morgan fingerprint density at radius 2 is 1.95 bits per heavy atom. The van der Waals surface area contributed by atoms with Crippen molar-refractivity contribution in [3.05, 3.63) is 35.4 Å². The van der Waals surface area contributed by atoms with Crippen molar-refractivity contribution in [3.8, 4) is 0 Å². The maximum atomic E-state index is 13.0. The molecule has 0 bridgehead atoms. The lowest BCUT2D eigenvalue weighted by molar-refractivity contribution is -0.129. The second kappa shape index (κ2) is 7.84. The number of aliphatic hydroxyl groups excluding tert-OH is 1. The molecule has 0 aromatic heterocycles. The number of unbranched alkanes of at least 4 members (excludes halogenated alkanes) is 2. The highest BCUT2D eigenvalue weighted by molar-refractivity contribution is 5.78. The molecule has 0 fully saturated rings. The van der Waals surface area contributed by atoms with E-state index in [1.807, 2.05) is 0 Å². The average Bonchev–Trinajstić information content (AvgIpc) is 2.38. The quantitative estimate of drug-likeness (QED) is 0.772. The van der Waals surface area contributed by atoms with E-state index in [-0.39, 0.29) is 18.9 Å². The van der Waals surface area contributed by atoms with Gasteiger partial charge in [0, 0.05) is 20.2 Å². The Morgan fingerprint density at radius 1 is 1.21 bits per heavy atom. The molecule has 0 aliphatic heterocycles. The fourth-order valence-electron chi connectivity index (χ4n) is 1.72. The third-order valence-corrected chi connectivity index (χ3v) is 2.92. The van der Waals surface area contributed by atoms with E-state index in [2.05, 4.69) is 0 Å². The molecule has 1 aromatic rings. The summed E-state index contributed by atoms with van der Waals surface area (Å²) in [4.78, 5) is 13.4. The molecule has 1 aromatic carbocycles. The van der Waals surface area contributed by atoms with Crippen LogP contribution in [0.2, 0.25) is 0 Å². The van der Waals surface area contributed by atoms with Crippen LogP contribution in [-0.4, -0.2) is 36.1 Å². The summed E-state index contributed by atoms with van der Waals surface area (Å²) >= 11 is 0. The molecule has 0 saturated heterocycles. The summed E-state index contributed by atoms with van der Waals surface area (Å²) in [7, 11) is 1.68. The van der Waals surface area contributed by atoms with Crippen LogP contribution in [0, 0.1) is 11.6 Å². The van der Waals surface area contributed by atoms with Crippen molar-refractivity contribution in [2.45, 2.75) is 25.7 Å². The molecule has 3 nitrogen and oxygen atoms in total. The van der Waals surface area contributed by atoms with Crippen molar-refractivity contribution in [2.75, 3.05) is 20.2 Å². The van der Waals surface area contributed by atoms with Gasteiger partial charge in [-0.05, 0) is 37.0 Å². The number of aliphatic hydroxyl groups is 1. The Kier molecular flexibility index (Phi) is 6.42. The lowest BCUT2D eigenvalue weighted by Gasteiger charge is -2.17. The van der Waals surface area contributed by atoms with E-state index in [0.29, 0.717) is 12.1 Å². The predicted octanol–water partition coefficient (Wildman–Crippen LogP) is 2.13. The van der Waals surface area contributed by atoms with Gasteiger partial charge in [-0.15, -0.1) is 0 Å². The third kappa shape index (κ3) is 5.34. The number of nitrogens with zero attached hydrogens (tertiary/aromatic N) is 1. The number of likely N-dealkylation sites (N-methyl/N-ethyl adjacent to an activating group) is 1. The lowest BCUT2D eigenvalue weighted by Crippen LogP contribution is -2.29. The topological polar surface area (TPSA) is 40.5 Å². The van der Waals surface area contributed by atoms with Gasteiger partial charge in [0.1, 0.15) is 0 Å². The van der Waals surface area contributed by atoms with Gasteiger partial charge in [-0.3, -0.25) is 4.79 Å². The minimum atomic E-state index is -0.934. The first-order valence-electron chi connectivity index (χ1n) is 6.33. The van der Waals surface area contributed by atoms with Crippen LogP contribution in [0.1, 0.15) is 24.8 Å². The zero-order valence-electron chi connectivity index (χ0n) is 11.0. The van der Waals surface area contributed by atoms with E-state index in [1.54, 1.807) is 11.9 Å². The largest absolute Gasteiger partial charge is 0.396 e. The van der Waals surface area contributed by atoms with Crippen LogP contribution >= 0.6 is 0 Å². The molecule has 5 heteroatoms. The number of hydrogen-bond donors (Lipinski definition) is 1. The molecule has 19 heavy (non-hydrogen) atoms. The van der Waals surface area contributed by atoms with Crippen LogP contribution in [0.5, 0.6) is 0 Å². The lowest BCUT2D eigenvalue weighted by atomic mass is 10.1. The van der Waals surface area contributed by atoms with E-state index in [1.165, 1.54) is 6.07 Å². The number of benzene rings is 1. The minimum absolute atomic E-state index is 0.0632. The van der Waals surface area contributed by atoms with Crippen LogP contribution in [0.15, 0.2) is 18.2 Å². The van der Waals surface area contributed by atoms with E-state index in [0.717, 1.165) is 31.4 Å². The molecule has 0 unspecified atom stereocenters. The molecular formula is C14H19F2NO2. The molecular weight excluding hydrogens is 252 g/mol. The van der Waals surface area contributed by atoms with Gasteiger partial charge < -0.3 is 10.0 Å². The average molecular weight is 271 g/mol. The highest BCUT2D eigenvalue weighted by Crippen LogP contribution is 2.10. The second-order valence-electron chi connectivity index (χ2n) is 4.52. The number of rotatable bonds is 7. The molecule has 106 valence electrons. The zero-order chi connectivity index (χ0) is 14.3. The first-order chi connectivity index (χ1) is 9.04. The number of amides is 1. The maximum absolute atomic E-state index is 13.0. The number of halogens is 2. The van der Waals surface area contributed by atoms with E-state index in [9.17, 15) is 13.6 Å². The summed E-state index contributed by atoms with van der Waals surface area (Å²) in [6.45, 7) is 0.759. The first-order valence-corrected chi connectivity index (χ1v) is 6.33. The van der Waals surface area contributed by atoms with Gasteiger partial charge in [0.25, 0.3) is 0 Å². The molecule has 0 radical (unpaired) electrons. The van der Waals surface area contributed by atoms with E-state index < -0.39 is 11.6 Å². The van der Waals surface area contributed by atoms with Crippen LogP contribution in [0.3, 0.4) is 0 Å². The van der Waals surface area contributed by atoms with E-state index >= 15 is 0 Å². The van der Waals surface area contributed by atoms with Gasteiger partial charge in [0.05, 0.1) is 6.42 Å². The van der Waals surface area contributed by atoms with Gasteiger partial charge in [-0.2, -0.15) is 0 Å². The van der Waals surface area contributed by atoms with Crippen molar-refractivity contribution in [1.82, 2.24) is 4.90 Å². The first kappa shape index (κ1) is 15.6. The maximum Gasteiger partial charge on any atom is 0.226 e. The van der Waals surface area contributed by atoms with Crippen LogP contribution in [0.25, 0.3) is 0 Å². The van der Waals surface area contributed by atoms with Gasteiger partial charge >= 0.3 is 0 Å². The van der Waals surface area contributed by atoms with Crippen LogP contribution in [-0.2, 0) is 11.2 Å². The minimum Gasteiger partial charge on any atom is -0.396 e. The standard InChI is InChI=1S/C14H19F2NO2/c1-17(7-3-2-4-8-18)14(19)10-11-5-6-12(15)13(16)9-11/h5-6,9,18H,2-4,7-8,10H2,1H3. The Labute approximate surface area is 111 Å². The third-order valence-electron chi connectivity index (χ3n) is 2.92. The Bertz CT molecular complexity index is 424. The molecule has 0 saturated carbocycles. The SMILES string of the molecule is CN(CCCCCO)C(=O)Cc1ccc(F)c(F)c1. The Hall–Kier alpha value is -1.49. The summed E-state index contributed by atoms with van der Waals surface area (Å²) in [6.07, 6.45) is 2.47. The highest BCUT2D eigenvalue weighted by Gasteiger charge is 2.11. The van der Waals surface area contributed by atoms with E-state index in [4.69, 9.17) is 5.11 Å². The number of hydrogen-bond acceptors (Lipinski definition) is 2. The second-order valence-corrected chi connectivity index (χ2v) is 4.52. The van der Waals surface area contributed by atoms with Crippen molar-refractivity contribution < 1.29 is 18.7 Å². The van der Waals surface area contributed by atoms with Crippen molar-refractivity contribution in [1.29, 1.82) is 0 Å². The molecule has 0 aliphatic carbocycles. The Morgan fingerprint density at radius 3 is 2.58 bits per heavy atom. The van der Waals surface area contributed by atoms with Gasteiger partial charge in [-0.1, -0.05) is 6.07 Å². The molecule has 1 N–H and O–H groups in total. The normalized spacial score (nSPS) is 10.5. The molecule has 0 heterocycles. The zero-order valence-corrected chi connectivity index (χ0v) is 11.0. The summed E-state index contributed by atoms with van der Waals surface area (Å²) in [5.74, 6) is -1.97. The van der Waals surface area contributed by atoms with Crippen LogP contribution in [0.4, 0.5) is 8.78 Å². The summed E-state index contributed by atoms with van der Waals surface area (Å²) < 4.78 is 25.7. The fraction of sp³-hybridized carbons (Fsp3) is 0.500. The molecule has 1 rings (SSSR count). The molecule has 1 amide bonds. The van der Waals surface area contributed by atoms with Crippen molar-refractivity contribution >= 4 is 5.91 Å². The highest BCUT2D eigenvalue weighted by atomic mass is 19.2. The molecule has 0 aliphatic rings. The monoisotopic (exact) mass is 271 g/mol. The smallest absolute Gasteiger partial charge is 0.226 e. The van der Waals surface area contributed by atoms with Crippen LogP contribution < -0.4 is 0 Å². The van der Waals surface area contributed by atoms with Gasteiger partial charge in [0.2, 0.25) is 5.91 Å². The summed E-state index contributed by atoms with van der Waals surface area (Å²) in [5, 5.41) is 8.64. The van der Waals surface area contributed by atoms with Crippen molar-refractivity contribution in [3.63, 3.8) is 0 Å². The predicted molar refractivity (Wildman–Crippen MR) is 68.6 cm³/mol.